The molecule has 2 amide bonds. The van der Waals surface area contributed by atoms with Gasteiger partial charge in [0.1, 0.15) is 23.1 Å². The van der Waals surface area contributed by atoms with Gasteiger partial charge in [-0.05, 0) is 55.7 Å². The normalized spacial score (nSPS) is 14.1. The second kappa shape index (κ2) is 14.1. The van der Waals surface area contributed by atoms with E-state index in [0.717, 1.165) is 40.2 Å². The molecule has 6 aromatic rings. The zero-order valence-electron chi connectivity index (χ0n) is 29.7. The van der Waals surface area contributed by atoms with Gasteiger partial charge in [0.25, 0.3) is 5.91 Å². The molecule has 5 aromatic heterocycles. The van der Waals surface area contributed by atoms with Crippen LogP contribution in [-0.4, -0.2) is 74.1 Å². The van der Waals surface area contributed by atoms with E-state index >= 15 is 8.78 Å². The maximum Gasteiger partial charge on any atom is 0.435 e. The first-order valence-electron chi connectivity index (χ1n) is 17.0. The van der Waals surface area contributed by atoms with Gasteiger partial charge >= 0.3 is 12.7 Å². The van der Waals surface area contributed by atoms with Gasteiger partial charge in [-0.15, -0.1) is 0 Å². The van der Waals surface area contributed by atoms with Crippen molar-refractivity contribution in [3.05, 3.63) is 106 Å². The van der Waals surface area contributed by atoms with Crippen LogP contribution in [0.3, 0.4) is 0 Å². The van der Waals surface area contributed by atoms with E-state index in [9.17, 15) is 36.3 Å². The molecule has 13 nitrogen and oxygen atoms in total. The van der Waals surface area contributed by atoms with Gasteiger partial charge in [-0.3, -0.25) is 24.2 Å². The molecule has 1 aliphatic heterocycles. The summed E-state index contributed by atoms with van der Waals surface area (Å²) in [5, 5.41) is 16.6. The van der Waals surface area contributed by atoms with Crippen LogP contribution in [0.2, 0.25) is 0 Å². The molecule has 0 saturated heterocycles. The summed E-state index contributed by atoms with van der Waals surface area (Å²) in [4.78, 5) is 45.9. The summed E-state index contributed by atoms with van der Waals surface area (Å²) in [5.41, 5.74) is -2.38. The van der Waals surface area contributed by atoms with Crippen molar-refractivity contribution >= 4 is 22.8 Å². The predicted molar refractivity (Wildman–Crippen MR) is 185 cm³/mol. The summed E-state index contributed by atoms with van der Waals surface area (Å²) < 4.78 is 102. The highest BCUT2D eigenvalue weighted by molar-refractivity contribution is 6.01. The van der Waals surface area contributed by atoms with E-state index in [1.54, 1.807) is 0 Å². The van der Waals surface area contributed by atoms with E-state index in [2.05, 4.69) is 30.7 Å². The number of nitrogens with zero attached hydrogens (tertiary/aromatic N) is 8. The van der Waals surface area contributed by atoms with Gasteiger partial charge in [0, 0.05) is 55.7 Å². The molecule has 6 heterocycles. The van der Waals surface area contributed by atoms with E-state index in [0.29, 0.717) is 15.7 Å². The zero-order chi connectivity index (χ0) is 40.3. The number of aryl methyl sites for hydroxylation is 1. The highest BCUT2D eigenvalue weighted by atomic mass is 19.4. The number of nitrogens with one attached hydrogen (secondary N) is 2. The molecule has 1 aromatic carbocycles. The van der Waals surface area contributed by atoms with Gasteiger partial charge in [0.15, 0.2) is 11.5 Å². The van der Waals surface area contributed by atoms with Gasteiger partial charge < -0.3 is 14.8 Å². The number of halogens is 7. The molecule has 0 radical (unpaired) electrons. The number of alkyl halides is 5. The van der Waals surface area contributed by atoms with E-state index in [-0.39, 0.29) is 59.6 Å². The standard InChI is InChI=1S/C36H31F7N10O3/c1-35(2,17-53-26(12-28(49-53)36(41,42)43)19-4-7-29(54)50(3)16-19)47-32(55)27(10-18-13-45-52(15-18)34(39)40)51-9-8-20-21(5-6-22(37)30(20)33(51)56)31-23(38)11-24-25(46-31)14-44-48-24/h4-7,11-16,27,34H,8-10,17H2,1-3H3,(H,44,48)(H,47,55)/t27-/m1/s1. The summed E-state index contributed by atoms with van der Waals surface area (Å²) in [6.07, 6.45) is -0.500. The number of carbonyl (C=O) groups excluding carboxylic acids is 2. The van der Waals surface area contributed by atoms with Crippen molar-refractivity contribution in [2.75, 3.05) is 6.54 Å². The third kappa shape index (κ3) is 7.25. The molecular weight excluding hydrogens is 753 g/mol. The van der Waals surface area contributed by atoms with Crippen molar-refractivity contribution in [2.45, 2.75) is 57.5 Å². The lowest BCUT2D eigenvalue weighted by atomic mass is 9.90. The molecule has 1 atom stereocenters. The van der Waals surface area contributed by atoms with Crippen molar-refractivity contribution in [1.29, 1.82) is 0 Å². The minimum atomic E-state index is -4.84. The van der Waals surface area contributed by atoms with Crippen LogP contribution >= 0.6 is 0 Å². The monoisotopic (exact) mass is 784 g/mol. The number of benzene rings is 1. The Kier molecular flexibility index (Phi) is 9.53. The van der Waals surface area contributed by atoms with Crippen LogP contribution < -0.4 is 10.9 Å². The SMILES string of the molecule is Cn1cc(-c2cc(C(F)(F)F)nn2CC(C)(C)NC(=O)[C@@H](Cc2cnn(C(F)F)c2)N2CCc3c(-c4nc5cn[nH]c5cc4F)ccc(F)c3C2=O)ccc1=O. The Morgan fingerprint density at radius 2 is 1.79 bits per heavy atom. The first-order chi connectivity index (χ1) is 26.4. The molecule has 1 aliphatic rings. The summed E-state index contributed by atoms with van der Waals surface area (Å²) in [5.74, 6) is -3.52. The quantitative estimate of drug-likeness (QED) is 0.180. The third-order valence-corrected chi connectivity index (χ3v) is 9.39. The summed E-state index contributed by atoms with van der Waals surface area (Å²) in [6, 6.07) is 5.28. The fourth-order valence-corrected chi connectivity index (χ4v) is 6.79. The molecule has 0 bridgehead atoms. The Morgan fingerprint density at radius 3 is 2.48 bits per heavy atom. The van der Waals surface area contributed by atoms with Crippen molar-refractivity contribution in [2.24, 2.45) is 7.05 Å². The minimum absolute atomic E-state index is 0.0156. The summed E-state index contributed by atoms with van der Waals surface area (Å²) >= 11 is 0. The van der Waals surface area contributed by atoms with Crippen LogP contribution in [0.4, 0.5) is 30.7 Å². The number of amides is 2. The lowest BCUT2D eigenvalue weighted by molar-refractivity contribution is -0.141. The van der Waals surface area contributed by atoms with E-state index in [1.165, 1.54) is 56.1 Å². The van der Waals surface area contributed by atoms with Gasteiger partial charge in [-0.2, -0.15) is 37.2 Å². The average Bonchev–Trinajstić information content (AvgIpc) is 3.88. The number of fused-ring (bicyclic) bond motifs is 2. The fraction of sp³-hybridized carbons (Fsp3) is 0.306. The Bertz CT molecular complexity index is 2550. The number of aromatic nitrogens is 8. The molecule has 0 aliphatic carbocycles. The molecule has 2 N–H and O–H groups in total. The molecule has 7 rings (SSSR count). The van der Waals surface area contributed by atoms with Gasteiger partial charge in [-0.1, -0.05) is 0 Å². The minimum Gasteiger partial charge on any atom is -0.348 e. The van der Waals surface area contributed by atoms with Crippen molar-refractivity contribution in [1.82, 2.24) is 49.5 Å². The van der Waals surface area contributed by atoms with Crippen molar-refractivity contribution in [3.8, 4) is 22.5 Å². The smallest absolute Gasteiger partial charge is 0.348 e. The average molecular weight is 785 g/mol. The maximum atomic E-state index is 15.6. The van der Waals surface area contributed by atoms with Gasteiger partial charge in [0.2, 0.25) is 11.5 Å². The third-order valence-electron chi connectivity index (χ3n) is 9.39. The van der Waals surface area contributed by atoms with Crippen LogP contribution in [0.15, 0.2) is 66.0 Å². The number of aromatic amines is 1. The van der Waals surface area contributed by atoms with E-state index in [1.807, 2.05) is 0 Å². The Labute approximate surface area is 311 Å². The lowest BCUT2D eigenvalue weighted by Gasteiger charge is -2.37. The van der Waals surface area contributed by atoms with E-state index in [4.69, 9.17) is 0 Å². The Hall–Kier alpha value is -6.34. The number of hydrogen-bond donors (Lipinski definition) is 2. The molecule has 0 saturated carbocycles. The molecule has 56 heavy (non-hydrogen) atoms. The topological polar surface area (TPSA) is 149 Å². The highest BCUT2D eigenvalue weighted by Gasteiger charge is 2.40. The molecule has 0 fully saturated rings. The maximum absolute atomic E-state index is 15.6. The summed E-state index contributed by atoms with van der Waals surface area (Å²) in [7, 11) is 1.43. The van der Waals surface area contributed by atoms with Gasteiger partial charge in [-0.25, -0.2) is 18.4 Å². The number of H-pyrrole nitrogens is 1. The first kappa shape index (κ1) is 38.0. The number of pyridine rings is 2. The van der Waals surface area contributed by atoms with Crippen LogP contribution in [0.5, 0.6) is 0 Å². The number of hydrogen-bond acceptors (Lipinski definition) is 7. The lowest BCUT2D eigenvalue weighted by Crippen LogP contribution is -2.58. The second-order valence-corrected chi connectivity index (χ2v) is 14.0. The van der Waals surface area contributed by atoms with Crippen molar-refractivity contribution < 1.29 is 40.3 Å². The second-order valence-electron chi connectivity index (χ2n) is 14.0. The molecular formula is C36H31F7N10O3. The van der Waals surface area contributed by atoms with Gasteiger partial charge in [0.05, 0.1) is 41.3 Å². The van der Waals surface area contributed by atoms with E-state index < -0.39 is 64.6 Å². The zero-order valence-corrected chi connectivity index (χ0v) is 29.7. The Morgan fingerprint density at radius 1 is 1.02 bits per heavy atom. The van der Waals surface area contributed by atoms with Crippen molar-refractivity contribution in [3.63, 3.8) is 0 Å². The molecule has 292 valence electrons. The molecule has 0 unspecified atom stereocenters. The molecule has 0 spiro atoms. The largest absolute Gasteiger partial charge is 0.435 e. The highest BCUT2D eigenvalue weighted by Crippen LogP contribution is 2.35. The Balaban J connectivity index is 1.23. The summed E-state index contributed by atoms with van der Waals surface area (Å²) in [6.45, 7) is -0.582. The number of rotatable bonds is 10. The van der Waals surface area contributed by atoms with Crippen LogP contribution in [-0.2, 0) is 37.4 Å². The number of carbonyl (C=O) groups is 2. The van der Waals surface area contributed by atoms with Crippen LogP contribution in [0.25, 0.3) is 33.5 Å². The first-order valence-corrected chi connectivity index (χ1v) is 17.0. The van der Waals surface area contributed by atoms with Crippen LogP contribution in [0.1, 0.15) is 47.6 Å². The molecule has 20 heteroatoms. The predicted octanol–water partition coefficient (Wildman–Crippen LogP) is 5.28. The fourth-order valence-electron chi connectivity index (χ4n) is 6.79. The van der Waals surface area contributed by atoms with Crippen LogP contribution in [0, 0.1) is 11.6 Å².